The van der Waals surface area contributed by atoms with Crippen LogP contribution in [0, 0.1) is 6.92 Å². The van der Waals surface area contributed by atoms with Crippen LogP contribution in [0.1, 0.15) is 20.5 Å². The van der Waals surface area contributed by atoms with Crippen molar-refractivity contribution in [2.24, 2.45) is 0 Å². The fourth-order valence-electron chi connectivity index (χ4n) is 2.48. The number of rotatable bonds is 8. The predicted molar refractivity (Wildman–Crippen MR) is 99.4 cm³/mol. The summed E-state index contributed by atoms with van der Waals surface area (Å²) in [5, 5.41) is 0.466. The van der Waals surface area contributed by atoms with Gasteiger partial charge in [0.15, 0.2) is 5.16 Å². The van der Waals surface area contributed by atoms with Gasteiger partial charge in [0.05, 0.1) is 39.9 Å². The van der Waals surface area contributed by atoms with Gasteiger partial charge >= 0.3 is 59.1 Å². The summed E-state index contributed by atoms with van der Waals surface area (Å²) in [5.41, 5.74) is 3.35. The second-order valence-corrected chi connectivity index (χ2v) is 6.99. The van der Waals surface area contributed by atoms with Gasteiger partial charge in [-0.1, -0.05) is 12.1 Å². The first-order chi connectivity index (χ1) is 12.2. The zero-order valence-electron chi connectivity index (χ0n) is 18.3. The maximum absolute atomic E-state index is 12.7. The molecule has 1 atom stereocenters. The molecule has 0 bridgehead atoms. The number of nitrogens with zero attached hydrogens (tertiary/aromatic N) is 2. The van der Waals surface area contributed by atoms with Gasteiger partial charge in [0.2, 0.25) is 0 Å². The van der Waals surface area contributed by atoms with Gasteiger partial charge in [0, 0.05) is 31.9 Å². The Balaban J connectivity index is 0. The Hall–Kier alpha value is -0.250. The van der Waals surface area contributed by atoms with E-state index >= 15 is 0 Å². The van der Waals surface area contributed by atoms with E-state index in [0.717, 1.165) is 34.5 Å². The summed E-state index contributed by atoms with van der Waals surface area (Å²) >= 11 is 0. The minimum absolute atomic E-state index is 0. The molecule has 0 unspecified atom stereocenters. The van der Waals surface area contributed by atoms with Crippen LogP contribution < -0.4 is 63.9 Å². The number of ether oxygens (including phenoxy) is 2. The smallest absolute Gasteiger partial charge is 1.00 e. The van der Waals surface area contributed by atoms with E-state index in [0.29, 0.717) is 24.1 Å². The van der Waals surface area contributed by atoms with Crippen LogP contribution in [0.15, 0.2) is 41.7 Å². The third kappa shape index (κ3) is 6.65. The van der Waals surface area contributed by atoms with Crippen molar-refractivity contribution in [3.63, 3.8) is 0 Å². The van der Waals surface area contributed by atoms with E-state index in [2.05, 4.69) is 15.0 Å². The number of methoxy groups -OCH3 is 1. The Bertz CT molecular complexity index is 867. The van der Waals surface area contributed by atoms with Crippen molar-refractivity contribution in [1.29, 1.82) is 0 Å². The Morgan fingerprint density at radius 2 is 1.96 bits per heavy atom. The summed E-state index contributed by atoms with van der Waals surface area (Å²) in [6.07, 6.45) is 2.50. The number of nitrogens with one attached hydrogen (secondary N) is 1. The average Bonchev–Trinajstić information content (AvgIpc) is 3.06. The Morgan fingerprint density at radius 3 is 2.70 bits per heavy atom. The molecule has 0 saturated heterocycles. The molecule has 1 N–H and O–H groups in total. The molecule has 9 heteroatoms. The maximum atomic E-state index is 12.7. The molecule has 136 valence electrons. The van der Waals surface area contributed by atoms with Crippen LogP contribution in [-0.2, 0) is 21.3 Å². The maximum Gasteiger partial charge on any atom is 1.00 e. The largest absolute Gasteiger partial charge is 1.00 e. The SMILES string of the molecule is COCCCOc1ccnc(C[S@](=O)c2nc3ccccc3[nH]2)c1C.[H-].[H-].[Na+].[Na+]. The molecular formula is C18H23N3Na2O3S. The number of hydrogen-bond acceptors (Lipinski definition) is 5. The number of H-pyrrole nitrogens is 1. The number of aromatic amines is 1. The summed E-state index contributed by atoms with van der Waals surface area (Å²) in [5.74, 6) is 1.06. The van der Waals surface area contributed by atoms with Gasteiger partial charge in [0.25, 0.3) is 0 Å². The van der Waals surface area contributed by atoms with Crippen LogP contribution in [0.25, 0.3) is 11.0 Å². The second kappa shape index (κ2) is 12.3. The van der Waals surface area contributed by atoms with Gasteiger partial charge in [0.1, 0.15) is 5.75 Å². The van der Waals surface area contributed by atoms with Gasteiger partial charge < -0.3 is 17.3 Å². The van der Waals surface area contributed by atoms with E-state index < -0.39 is 10.8 Å². The summed E-state index contributed by atoms with van der Waals surface area (Å²) < 4.78 is 23.5. The first-order valence-electron chi connectivity index (χ1n) is 8.08. The van der Waals surface area contributed by atoms with E-state index in [1.807, 2.05) is 37.3 Å². The number of pyridine rings is 1. The van der Waals surface area contributed by atoms with Crippen molar-refractivity contribution in [2.45, 2.75) is 24.3 Å². The number of aromatic nitrogens is 3. The van der Waals surface area contributed by atoms with Crippen LogP contribution in [-0.4, -0.2) is 39.5 Å². The summed E-state index contributed by atoms with van der Waals surface area (Å²) in [6.45, 7) is 3.17. The average molecular weight is 407 g/mol. The molecule has 3 rings (SSSR count). The number of para-hydroxylation sites is 2. The van der Waals surface area contributed by atoms with Crippen molar-refractivity contribution in [2.75, 3.05) is 20.3 Å². The number of fused-ring (bicyclic) bond motifs is 1. The topological polar surface area (TPSA) is 77.1 Å². The second-order valence-electron chi connectivity index (χ2n) is 5.62. The molecule has 0 amide bonds. The molecule has 6 nitrogen and oxygen atoms in total. The van der Waals surface area contributed by atoms with Crippen LogP contribution >= 0.6 is 0 Å². The van der Waals surface area contributed by atoms with E-state index in [1.54, 1.807) is 13.3 Å². The fraction of sp³-hybridized carbons (Fsp3) is 0.333. The predicted octanol–water partition coefficient (Wildman–Crippen LogP) is -2.78. The molecular weight excluding hydrogens is 384 g/mol. The van der Waals surface area contributed by atoms with Crippen molar-refractivity contribution in [1.82, 2.24) is 15.0 Å². The van der Waals surface area contributed by atoms with Crippen molar-refractivity contribution < 1.29 is 75.7 Å². The summed E-state index contributed by atoms with van der Waals surface area (Å²) in [7, 11) is 0.371. The number of imidazole rings is 1. The van der Waals surface area contributed by atoms with Crippen LogP contribution in [0.4, 0.5) is 0 Å². The van der Waals surface area contributed by atoms with E-state index in [1.165, 1.54) is 0 Å². The Kier molecular flexibility index (Phi) is 11.3. The van der Waals surface area contributed by atoms with Crippen LogP contribution in [0.5, 0.6) is 5.75 Å². The Labute approximate surface area is 208 Å². The third-order valence-electron chi connectivity index (χ3n) is 3.86. The van der Waals surface area contributed by atoms with E-state index in [-0.39, 0.29) is 62.0 Å². The normalized spacial score (nSPS) is 11.5. The molecule has 0 aliphatic heterocycles. The minimum atomic E-state index is -1.30. The molecule has 3 aromatic rings. The zero-order valence-corrected chi connectivity index (χ0v) is 21.1. The first kappa shape index (κ1) is 24.8. The quantitative estimate of drug-likeness (QED) is 0.323. The first-order valence-corrected chi connectivity index (χ1v) is 9.40. The molecule has 2 heterocycles. The van der Waals surface area contributed by atoms with Crippen LogP contribution in [0.3, 0.4) is 0 Å². The van der Waals surface area contributed by atoms with Gasteiger partial charge in [-0.05, 0) is 25.1 Å². The molecule has 0 saturated carbocycles. The van der Waals surface area contributed by atoms with Gasteiger partial charge in [-0.25, -0.2) is 4.98 Å². The van der Waals surface area contributed by atoms with Gasteiger partial charge in [-0.15, -0.1) is 0 Å². The molecule has 0 aliphatic carbocycles. The Morgan fingerprint density at radius 1 is 1.19 bits per heavy atom. The summed E-state index contributed by atoms with van der Waals surface area (Å²) in [4.78, 5) is 11.9. The monoisotopic (exact) mass is 407 g/mol. The molecule has 0 fully saturated rings. The minimum Gasteiger partial charge on any atom is -1.00 e. The standard InChI is InChI=1S/C18H21N3O3S.2Na.2H/c1-13-16(19-9-8-17(13)24-11-5-10-23-2)12-25(22)18-20-14-6-3-4-7-15(14)21-18;;;;/h3-4,6-9H,5,10-12H2,1-2H3,(H,20,21);;;;/q;2*+1;2*-1/t25-;;;;/m0..../s1. The molecule has 27 heavy (non-hydrogen) atoms. The number of hydrogen-bond donors (Lipinski definition) is 1. The molecule has 2 aromatic heterocycles. The zero-order chi connectivity index (χ0) is 17.6. The third-order valence-corrected chi connectivity index (χ3v) is 5.02. The fourth-order valence-corrected chi connectivity index (χ4v) is 3.58. The van der Waals surface area contributed by atoms with Crippen LogP contribution in [0.2, 0.25) is 0 Å². The molecule has 0 aliphatic rings. The number of benzene rings is 1. The molecule has 1 aromatic carbocycles. The van der Waals surface area contributed by atoms with Crippen molar-refractivity contribution >= 4 is 21.8 Å². The van der Waals surface area contributed by atoms with Crippen molar-refractivity contribution in [3.05, 3.63) is 47.8 Å². The molecule has 0 radical (unpaired) electrons. The van der Waals surface area contributed by atoms with E-state index in [4.69, 9.17) is 9.47 Å². The van der Waals surface area contributed by atoms with Crippen molar-refractivity contribution in [3.8, 4) is 5.75 Å². The summed E-state index contributed by atoms with van der Waals surface area (Å²) in [6, 6.07) is 9.47. The van der Waals surface area contributed by atoms with Gasteiger partial charge in [-0.2, -0.15) is 0 Å². The van der Waals surface area contributed by atoms with E-state index in [9.17, 15) is 4.21 Å². The molecule has 0 spiro atoms. The van der Waals surface area contributed by atoms with Gasteiger partial charge in [-0.3, -0.25) is 9.19 Å².